The number of anilines is 1. The monoisotopic (exact) mass is 450 g/mol. The summed E-state index contributed by atoms with van der Waals surface area (Å²) >= 11 is 1.63. The number of hydrogen-bond acceptors (Lipinski definition) is 8. The number of imidazole rings is 1. The van der Waals surface area contributed by atoms with Crippen LogP contribution in [0.5, 0.6) is 5.75 Å². The SMILES string of the molecule is COc1ccc(-c2nc(CN3CCN(c4nc5ccccn5c4[N+](=O)[O-])CC3)cs2)cc1. The molecule has 0 amide bonds. The minimum atomic E-state index is -0.350. The van der Waals surface area contributed by atoms with Gasteiger partial charge in [0.2, 0.25) is 11.5 Å². The number of nitrogens with zero attached hydrogens (tertiary/aromatic N) is 6. The molecule has 0 atom stereocenters. The predicted octanol–water partition coefficient (Wildman–Crippen LogP) is 3.70. The van der Waals surface area contributed by atoms with Crippen LogP contribution >= 0.6 is 11.3 Å². The van der Waals surface area contributed by atoms with Gasteiger partial charge in [0.05, 0.1) is 19.0 Å². The molecule has 3 aromatic heterocycles. The van der Waals surface area contributed by atoms with E-state index in [-0.39, 0.29) is 10.7 Å². The molecule has 0 bridgehead atoms. The van der Waals surface area contributed by atoms with Crippen molar-refractivity contribution in [1.29, 1.82) is 0 Å². The topological polar surface area (TPSA) is 89.0 Å². The van der Waals surface area contributed by atoms with Crippen LogP contribution in [0.25, 0.3) is 16.2 Å². The molecule has 4 aromatic rings. The Hall–Kier alpha value is -3.50. The summed E-state index contributed by atoms with van der Waals surface area (Å²) in [6.07, 6.45) is 1.68. The van der Waals surface area contributed by atoms with Crippen LogP contribution in [0, 0.1) is 10.1 Å². The number of pyridine rings is 1. The zero-order valence-electron chi connectivity index (χ0n) is 17.5. The number of ether oxygens (including phenoxy) is 1. The van der Waals surface area contributed by atoms with Crippen molar-refractivity contribution in [3.8, 4) is 16.3 Å². The van der Waals surface area contributed by atoms with Gasteiger partial charge in [0.1, 0.15) is 10.8 Å². The summed E-state index contributed by atoms with van der Waals surface area (Å²) in [5, 5.41) is 14.8. The van der Waals surface area contributed by atoms with E-state index in [0.717, 1.165) is 41.6 Å². The molecule has 1 saturated heterocycles. The predicted molar refractivity (Wildman–Crippen MR) is 123 cm³/mol. The van der Waals surface area contributed by atoms with E-state index in [9.17, 15) is 10.1 Å². The summed E-state index contributed by atoms with van der Waals surface area (Å²) in [7, 11) is 1.66. The van der Waals surface area contributed by atoms with Gasteiger partial charge in [-0.3, -0.25) is 4.90 Å². The molecule has 9 nitrogen and oxygen atoms in total. The highest BCUT2D eigenvalue weighted by molar-refractivity contribution is 7.13. The second kappa shape index (κ2) is 8.56. The van der Waals surface area contributed by atoms with E-state index in [1.54, 1.807) is 36.8 Å². The first kappa shape index (κ1) is 20.4. The highest BCUT2D eigenvalue weighted by Gasteiger charge is 2.29. The van der Waals surface area contributed by atoms with Crippen LogP contribution < -0.4 is 9.64 Å². The lowest BCUT2D eigenvalue weighted by atomic mass is 10.2. The maximum atomic E-state index is 11.7. The maximum absolute atomic E-state index is 11.7. The minimum Gasteiger partial charge on any atom is -0.497 e. The first-order valence-electron chi connectivity index (χ1n) is 10.3. The van der Waals surface area contributed by atoms with Gasteiger partial charge < -0.3 is 19.8 Å². The summed E-state index contributed by atoms with van der Waals surface area (Å²) in [5.74, 6) is 1.29. The van der Waals surface area contributed by atoms with Gasteiger partial charge in [0, 0.05) is 49.7 Å². The van der Waals surface area contributed by atoms with Crippen molar-refractivity contribution in [2.24, 2.45) is 0 Å². The minimum absolute atomic E-state index is 0.0256. The molecule has 164 valence electrons. The molecule has 1 aliphatic rings. The summed E-state index contributed by atoms with van der Waals surface area (Å²) in [5.41, 5.74) is 2.70. The summed E-state index contributed by atoms with van der Waals surface area (Å²) in [4.78, 5) is 25.0. The van der Waals surface area contributed by atoms with E-state index >= 15 is 0 Å². The van der Waals surface area contributed by atoms with Crippen molar-refractivity contribution in [3.63, 3.8) is 0 Å². The van der Waals surface area contributed by atoms with E-state index in [1.807, 2.05) is 35.2 Å². The lowest BCUT2D eigenvalue weighted by molar-refractivity contribution is -0.389. The fourth-order valence-corrected chi connectivity index (χ4v) is 4.76. The molecular formula is C22H22N6O3S. The number of piperazine rings is 1. The Balaban J connectivity index is 1.25. The smallest absolute Gasteiger partial charge is 0.372 e. The molecule has 0 radical (unpaired) electrons. The molecule has 32 heavy (non-hydrogen) atoms. The average Bonchev–Trinajstić information content (AvgIpc) is 3.44. The van der Waals surface area contributed by atoms with Crippen LogP contribution in [-0.4, -0.2) is 57.5 Å². The number of benzene rings is 1. The quantitative estimate of drug-likeness (QED) is 0.327. The van der Waals surface area contributed by atoms with E-state index in [4.69, 9.17) is 9.72 Å². The van der Waals surface area contributed by atoms with Crippen molar-refractivity contribution >= 4 is 28.6 Å². The fourth-order valence-electron chi connectivity index (χ4n) is 3.94. The van der Waals surface area contributed by atoms with Crippen molar-refractivity contribution in [3.05, 3.63) is 69.8 Å². The van der Waals surface area contributed by atoms with Gasteiger partial charge in [0.25, 0.3) is 0 Å². The second-order valence-corrected chi connectivity index (χ2v) is 8.44. The van der Waals surface area contributed by atoms with Crippen molar-refractivity contribution in [1.82, 2.24) is 19.3 Å². The third-order valence-electron chi connectivity index (χ3n) is 5.61. The number of nitro groups is 1. The van der Waals surface area contributed by atoms with Crippen molar-refractivity contribution in [2.75, 3.05) is 38.2 Å². The van der Waals surface area contributed by atoms with Gasteiger partial charge >= 0.3 is 5.82 Å². The van der Waals surface area contributed by atoms with Gasteiger partial charge in [-0.1, -0.05) is 6.07 Å². The zero-order chi connectivity index (χ0) is 22.1. The first-order valence-corrected chi connectivity index (χ1v) is 11.2. The van der Waals surface area contributed by atoms with E-state index in [1.165, 1.54) is 4.40 Å². The lowest BCUT2D eigenvalue weighted by Gasteiger charge is -2.34. The molecule has 1 fully saturated rings. The van der Waals surface area contributed by atoms with Crippen LogP contribution in [0.3, 0.4) is 0 Å². The summed E-state index contributed by atoms with van der Waals surface area (Å²) in [6, 6.07) is 13.3. The highest BCUT2D eigenvalue weighted by Crippen LogP contribution is 2.30. The van der Waals surface area contributed by atoms with Crippen LogP contribution in [0.2, 0.25) is 0 Å². The first-order chi connectivity index (χ1) is 15.6. The molecule has 5 rings (SSSR count). The third-order valence-corrected chi connectivity index (χ3v) is 6.55. The van der Waals surface area contributed by atoms with E-state index in [2.05, 4.69) is 15.3 Å². The van der Waals surface area contributed by atoms with Gasteiger partial charge in [-0.25, -0.2) is 4.98 Å². The number of aromatic nitrogens is 3. The molecule has 0 aliphatic carbocycles. The Morgan fingerprint density at radius 1 is 1.09 bits per heavy atom. The normalized spacial score (nSPS) is 14.7. The zero-order valence-corrected chi connectivity index (χ0v) is 18.4. The molecule has 4 heterocycles. The van der Waals surface area contributed by atoms with Crippen molar-refractivity contribution < 1.29 is 9.66 Å². The summed E-state index contributed by atoms with van der Waals surface area (Å²) < 4.78 is 6.76. The van der Waals surface area contributed by atoms with Gasteiger partial charge in [-0.15, -0.1) is 11.3 Å². The number of rotatable bonds is 6. The van der Waals surface area contributed by atoms with Crippen LogP contribution in [0.1, 0.15) is 5.69 Å². The standard InChI is InChI=1S/C22H22N6O3S/c1-31-18-7-5-16(6-8-18)21-23-17(15-32-21)14-25-10-12-26(13-11-25)20-22(28(29)30)27-9-3-2-4-19(27)24-20/h2-9,15H,10-14H2,1H3. The molecule has 10 heteroatoms. The Labute approximate surface area is 188 Å². The molecule has 0 N–H and O–H groups in total. The Morgan fingerprint density at radius 2 is 1.88 bits per heavy atom. The lowest BCUT2D eigenvalue weighted by Crippen LogP contribution is -2.46. The molecule has 0 saturated carbocycles. The van der Waals surface area contributed by atoms with Crippen LogP contribution in [0.4, 0.5) is 11.6 Å². The van der Waals surface area contributed by atoms with Gasteiger partial charge in [-0.2, -0.15) is 9.38 Å². The molecule has 1 aromatic carbocycles. The van der Waals surface area contributed by atoms with E-state index in [0.29, 0.717) is 24.6 Å². The summed E-state index contributed by atoms with van der Waals surface area (Å²) in [6.45, 7) is 3.70. The number of hydrogen-bond donors (Lipinski definition) is 0. The Morgan fingerprint density at radius 3 is 2.59 bits per heavy atom. The average molecular weight is 451 g/mol. The fraction of sp³-hybridized carbons (Fsp3) is 0.273. The number of thiazole rings is 1. The van der Waals surface area contributed by atoms with Gasteiger partial charge in [0.15, 0.2) is 0 Å². The largest absolute Gasteiger partial charge is 0.497 e. The molecule has 0 spiro atoms. The Bertz CT molecular complexity index is 1240. The second-order valence-electron chi connectivity index (χ2n) is 7.58. The highest BCUT2D eigenvalue weighted by atomic mass is 32.1. The van der Waals surface area contributed by atoms with Crippen LogP contribution in [-0.2, 0) is 6.54 Å². The number of methoxy groups -OCH3 is 1. The maximum Gasteiger partial charge on any atom is 0.372 e. The van der Waals surface area contributed by atoms with Crippen molar-refractivity contribution in [2.45, 2.75) is 6.54 Å². The molecule has 0 unspecified atom stereocenters. The van der Waals surface area contributed by atoms with E-state index < -0.39 is 0 Å². The third kappa shape index (κ3) is 3.90. The van der Waals surface area contributed by atoms with Crippen LogP contribution in [0.15, 0.2) is 54.0 Å². The Kier molecular flexibility index (Phi) is 5.46. The van der Waals surface area contributed by atoms with Gasteiger partial charge in [-0.05, 0) is 35.3 Å². The molecule has 1 aliphatic heterocycles. The molecular weight excluding hydrogens is 428 g/mol. The number of fused-ring (bicyclic) bond motifs is 1.